The first-order valence-electron chi connectivity index (χ1n) is 9.39. The van der Waals surface area contributed by atoms with Gasteiger partial charge in [-0.05, 0) is 44.1 Å². The smallest absolute Gasteiger partial charge is 0.250 e. The second-order valence-corrected chi connectivity index (χ2v) is 10.0. The van der Waals surface area contributed by atoms with Crippen LogP contribution in [0.4, 0.5) is 5.69 Å². The first-order chi connectivity index (χ1) is 13.3. The summed E-state index contributed by atoms with van der Waals surface area (Å²) in [5.74, 6) is 0.206. The Bertz CT molecular complexity index is 952. The third-order valence-electron chi connectivity index (χ3n) is 4.63. The van der Waals surface area contributed by atoms with Crippen LogP contribution in [-0.2, 0) is 14.8 Å². The van der Waals surface area contributed by atoms with Gasteiger partial charge in [-0.3, -0.25) is 4.79 Å². The van der Waals surface area contributed by atoms with Crippen molar-refractivity contribution >= 4 is 45.1 Å². The fourth-order valence-electron chi connectivity index (χ4n) is 3.23. The van der Waals surface area contributed by atoms with E-state index in [0.717, 1.165) is 30.6 Å². The number of aryl methyl sites for hydroxylation is 1. The normalized spacial score (nSPS) is 16.4. The van der Waals surface area contributed by atoms with Crippen LogP contribution in [0.2, 0.25) is 0 Å². The van der Waals surface area contributed by atoms with Crippen molar-refractivity contribution in [2.45, 2.75) is 62.6 Å². The Labute approximate surface area is 169 Å². The summed E-state index contributed by atoms with van der Waals surface area (Å²) in [4.78, 5) is 12.1. The minimum Gasteiger partial charge on any atom is -0.354 e. The highest BCUT2D eigenvalue weighted by Gasteiger charge is 2.22. The minimum atomic E-state index is -3.52. The molecule has 1 aliphatic carbocycles. The number of aromatic nitrogens is 1. The number of nitrogens with one attached hydrogen (secondary N) is 2. The van der Waals surface area contributed by atoms with E-state index in [1.54, 1.807) is 31.2 Å². The number of hydrogen-bond donors (Lipinski definition) is 2. The Morgan fingerprint density at radius 1 is 1.21 bits per heavy atom. The van der Waals surface area contributed by atoms with Crippen LogP contribution in [0.3, 0.4) is 0 Å². The molecule has 1 fully saturated rings. The highest BCUT2D eigenvalue weighted by Crippen LogP contribution is 2.27. The van der Waals surface area contributed by atoms with E-state index >= 15 is 0 Å². The molecule has 9 heteroatoms. The molecule has 28 heavy (non-hydrogen) atoms. The zero-order chi connectivity index (χ0) is 20.1. The van der Waals surface area contributed by atoms with E-state index in [1.165, 1.54) is 31.1 Å². The topological polar surface area (TPSA) is 101 Å². The third-order valence-corrected chi connectivity index (χ3v) is 7.70. The van der Waals surface area contributed by atoms with E-state index < -0.39 is 10.0 Å². The lowest BCUT2D eigenvalue weighted by atomic mass is 10.1. The van der Waals surface area contributed by atoms with Gasteiger partial charge in [0.25, 0.3) is 0 Å². The molecule has 0 atom stereocenters. The quantitative estimate of drug-likeness (QED) is 0.679. The first-order valence-corrected chi connectivity index (χ1v) is 11.7. The van der Waals surface area contributed by atoms with Crippen LogP contribution in [0.1, 0.15) is 61.8 Å². The standard InChI is InChI=1S/C19H25N3O4S2/c1-13-19(20-14(2)23)17(26-21-13)11-9-16-10-12-18(27-16)28(24,25)22-15-7-5-3-4-6-8-15/h9-12,15,22H,3-8H2,1-2H3,(H,20,23). The second kappa shape index (κ2) is 9.02. The molecule has 3 rings (SSSR count). The minimum absolute atomic E-state index is 0.0194. The Balaban J connectivity index is 1.71. The molecular weight excluding hydrogens is 398 g/mol. The van der Waals surface area contributed by atoms with Gasteiger partial charge in [0, 0.05) is 17.8 Å². The maximum Gasteiger partial charge on any atom is 0.250 e. The van der Waals surface area contributed by atoms with Crippen LogP contribution >= 0.6 is 11.3 Å². The number of carbonyl (C=O) groups is 1. The van der Waals surface area contributed by atoms with Crippen molar-refractivity contribution in [1.29, 1.82) is 0 Å². The highest BCUT2D eigenvalue weighted by molar-refractivity contribution is 7.91. The Morgan fingerprint density at radius 3 is 2.61 bits per heavy atom. The molecule has 0 aromatic carbocycles. The Hall–Kier alpha value is -1.97. The molecule has 0 spiro atoms. The number of amides is 1. The van der Waals surface area contributed by atoms with Crippen molar-refractivity contribution < 1.29 is 17.7 Å². The maximum absolute atomic E-state index is 12.7. The van der Waals surface area contributed by atoms with Gasteiger partial charge in [-0.2, -0.15) is 0 Å². The van der Waals surface area contributed by atoms with E-state index in [-0.39, 0.29) is 11.9 Å². The lowest BCUT2D eigenvalue weighted by Gasteiger charge is -2.15. The van der Waals surface area contributed by atoms with Crippen LogP contribution in [-0.4, -0.2) is 25.5 Å². The van der Waals surface area contributed by atoms with E-state index in [4.69, 9.17) is 4.52 Å². The molecule has 1 amide bonds. The van der Waals surface area contributed by atoms with Crippen molar-refractivity contribution in [1.82, 2.24) is 9.88 Å². The van der Waals surface area contributed by atoms with Crippen LogP contribution in [0.25, 0.3) is 12.2 Å². The fraction of sp³-hybridized carbons (Fsp3) is 0.474. The van der Waals surface area contributed by atoms with Gasteiger partial charge in [0.2, 0.25) is 15.9 Å². The third kappa shape index (κ3) is 5.30. The van der Waals surface area contributed by atoms with Gasteiger partial charge in [-0.1, -0.05) is 30.8 Å². The summed E-state index contributed by atoms with van der Waals surface area (Å²) in [6.07, 6.45) is 9.70. The van der Waals surface area contributed by atoms with E-state index in [9.17, 15) is 13.2 Å². The molecule has 0 bridgehead atoms. The average molecular weight is 424 g/mol. The molecule has 2 N–H and O–H groups in total. The highest BCUT2D eigenvalue weighted by atomic mass is 32.2. The van der Waals surface area contributed by atoms with E-state index in [2.05, 4.69) is 15.2 Å². The summed E-state index contributed by atoms with van der Waals surface area (Å²) >= 11 is 1.19. The van der Waals surface area contributed by atoms with Gasteiger partial charge < -0.3 is 9.84 Å². The molecule has 1 saturated carbocycles. The Morgan fingerprint density at radius 2 is 1.93 bits per heavy atom. The van der Waals surface area contributed by atoms with Gasteiger partial charge >= 0.3 is 0 Å². The predicted octanol–water partition coefficient (Wildman–Crippen LogP) is 4.17. The van der Waals surface area contributed by atoms with Crippen LogP contribution in [0.5, 0.6) is 0 Å². The predicted molar refractivity (Wildman–Crippen MR) is 111 cm³/mol. The zero-order valence-corrected chi connectivity index (χ0v) is 17.7. The molecule has 7 nitrogen and oxygen atoms in total. The van der Waals surface area contributed by atoms with Crippen LogP contribution < -0.4 is 10.0 Å². The van der Waals surface area contributed by atoms with Crippen LogP contribution in [0, 0.1) is 6.92 Å². The summed E-state index contributed by atoms with van der Waals surface area (Å²) in [5.41, 5.74) is 1.10. The summed E-state index contributed by atoms with van der Waals surface area (Å²) < 4.78 is 33.7. The van der Waals surface area contributed by atoms with Crippen molar-refractivity contribution in [2.24, 2.45) is 0 Å². The molecule has 1 aliphatic rings. The molecule has 0 unspecified atom stereocenters. The molecule has 2 aromatic rings. The van der Waals surface area contributed by atoms with Crippen molar-refractivity contribution in [3.05, 3.63) is 28.5 Å². The molecule has 152 valence electrons. The van der Waals surface area contributed by atoms with Crippen molar-refractivity contribution in [2.75, 3.05) is 5.32 Å². The fourth-order valence-corrected chi connectivity index (χ4v) is 5.78. The van der Waals surface area contributed by atoms with E-state index in [0.29, 0.717) is 21.4 Å². The number of carbonyl (C=O) groups excluding carboxylic acids is 1. The molecule has 2 aromatic heterocycles. The number of rotatable bonds is 6. The van der Waals surface area contributed by atoms with Gasteiger partial charge in [-0.25, -0.2) is 13.1 Å². The molecule has 0 radical (unpaired) electrons. The maximum atomic E-state index is 12.7. The molecule has 0 aliphatic heterocycles. The SMILES string of the molecule is CC(=O)Nc1c(C)noc1C=Cc1ccc(S(=O)(=O)NC2CCCCCC2)s1. The Kier molecular flexibility index (Phi) is 6.69. The molecule has 0 saturated heterocycles. The summed E-state index contributed by atoms with van der Waals surface area (Å²) in [5, 5.41) is 6.54. The number of sulfonamides is 1. The zero-order valence-electron chi connectivity index (χ0n) is 16.0. The van der Waals surface area contributed by atoms with Crippen molar-refractivity contribution in [3.8, 4) is 0 Å². The largest absolute Gasteiger partial charge is 0.354 e. The second-order valence-electron chi connectivity index (χ2n) is 6.99. The van der Waals surface area contributed by atoms with Crippen molar-refractivity contribution in [3.63, 3.8) is 0 Å². The molecular formula is C19H25N3O4S2. The average Bonchev–Trinajstić information content (AvgIpc) is 3.15. The summed E-state index contributed by atoms with van der Waals surface area (Å²) in [7, 11) is -3.52. The van der Waals surface area contributed by atoms with Gasteiger partial charge in [0.05, 0.1) is 0 Å². The van der Waals surface area contributed by atoms with E-state index in [1.807, 2.05) is 0 Å². The lowest BCUT2D eigenvalue weighted by Crippen LogP contribution is -2.33. The number of anilines is 1. The number of hydrogen-bond acceptors (Lipinski definition) is 6. The monoisotopic (exact) mass is 423 g/mol. The van der Waals surface area contributed by atoms with Gasteiger partial charge in [0.1, 0.15) is 15.6 Å². The van der Waals surface area contributed by atoms with Gasteiger partial charge in [0.15, 0.2) is 5.76 Å². The molecule has 2 heterocycles. The summed E-state index contributed by atoms with van der Waals surface area (Å²) in [6, 6.07) is 3.39. The number of nitrogens with zero attached hydrogens (tertiary/aromatic N) is 1. The summed E-state index contributed by atoms with van der Waals surface area (Å²) in [6.45, 7) is 3.15. The number of thiophene rings is 1. The first kappa shape index (κ1) is 20.8. The van der Waals surface area contributed by atoms with Gasteiger partial charge in [-0.15, -0.1) is 11.3 Å². The lowest BCUT2D eigenvalue weighted by molar-refractivity contribution is -0.114. The van der Waals surface area contributed by atoms with Crippen LogP contribution in [0.15, 0.2) is 20.9 Å².